The highest BCUT2D eigenvalue weighted by Crippen LogP contribution is 2.37. The second-order valence-electron chi connectivity index (χ2n) is 6.40. The largest absolute Gasteiger partial charge is 0.310 e. The first kappa shape index (κ1) is 16.8. The second-order valence-corrected chi connectivity index (χ2v) is 7.50. The molecule has 0 saturated carbocycles. The van der Waals surface area contributed by atoms with Crippen LogP contribution >= 0.6 is 11.8 Å². The number of rotatable bonds is 8. The maximum atomic E-state index is 13.8. The Balaban J connectivity index is 1.70. The van der Waals surface area contributed by atoms with Crippen molar-refractivity contribution in [2.24, 2.45) is 5.92 Å². The highest BCUT2D eigenvalue weighted by Gasteiger charge is 2.22. The summed E-state index contributed by atoms with van der Waals surface area (Å²) < 4.78 is 13.8. The Bertz CT molecular complexity index is 433. The Morgan fingerprint density at radius 3 is 2.86 bits per heavy atom. The Morgan fingerprint density at radius 2 is 2.05 bits per heavy atom. The summed E-state index contributed by atoms with van der Waals surface area (Å²) in [6.07, 6.45) is 7.68. The van der Waals surface area contributed by atoms with Crippen LogP contribution in [0.5, 0.6) is 0 Å². The number of fused-ring (bicyclic) bond motifs is 1. The van der Waals surface area contributed by atoms with Crippen molar-refractivity contribution >= 4 is 11.8 Å². The standard InChI is InChI=1S/C18H28FNS/c1-14(2)8-5-3-4-6-12-20-17-11-13-21-18-15(17)9-7-10-16(18)19/h7,9-10,14,17,20H,3-6,8,11-13H2,1-2H3. The number of hydrogen-bond acceptors (Lipinski definition) is 2. The molecule has 21 heavy (non-hydrogen) atoms. The fourth-order valence-corrected chi connectivity index (χ4v) is 4.05. The Kier molecular flexibility index (Phi) is 7.05. The minimum absolute atomic E-state index is 0.0577. The van der Waals surface area contributed by atoms with Crippen molar-refractivity contribution < 1.29 is 4.39 Å². The molecule has 1 nitrogen and oxygen atoms in total. The van der Waals surface area contributed by atoms with Gasteiger partial charge in [-0.15, -0.1) is 11.8 Å². The van der Waals surface area contributed by atoms with Crippen LogP contribution < -0.4 is 5.32 Å². The van der Waals surface area contributed by atoms with Gasteiger partial charge in [0.05, 0.1) is 0 Å². The molecule has 1 aromatic rings. The molecule has 1 heterocycles. The van der Waals surface area contributed by atoms with Gasteiger partial charge in [0.1, 0.15) is 5.82 Å². The lowest BCUT2D eigenvalue weighted by atomic mass is 10.0. The molecule has 1 aliphatic heterocycles. The van der Waals surface area contributed by atoms with Crippen LogP contribution in [0.1, 0.15) is 64.0 Å². The molecule has 0 saturated heterocycles. The summed E-state index contributed by atoms with van der Waals surface area (Å²) in [4.78, 5) is 0.859. The van der Waals surface area contributed by atoms with Crippen LogP contribution in [0, 0.1) is 11.7 Å². The van der Waals surface area contributed by atoms with Crippen molar-refractivity contribution in [2.75, 3.05) is 12.3 Å². The van der Waals surface area contributed by atoms with E-state index in [0.717, 1.165) is 35.1 Å². The van der Waals surface area contributed by atoms with Gasteiger partial charge in [-0.1, -0.05) is 51.7 Å². The molecule has 0 aliphatic carbocycles. The van der Waals surface area contributed by atoms with E-state index in [4.69, 9.17) is 0 Å². The van der Waals surface area contributed by atoms with Crippen LogP contribution in [0.25, 0.3) is 0 Å². The molecule has 0 fully saturated rings. The number of thioether (sulfide) groups is 1. The molecule has 1 N–H and O–H groups in total. The first-order valence-electron chi connectivity index (χ1n) is 8.33. The van der Waals surface area contributed by atoms with E-state index >= 15 is 0 Å². The zero-order chi connectivity index (χ0) is 15.1. The Labute approximate surface area is 133 Å². The lowest BCUT2D eigenvalue weighted by Gasteiger charge is -2.26. The van der Waals surface area contributed by atoms with Gasteiger partial charge in [-0.05, 0) is 42.7 Å². The lowest BCUT2D eigenvalue weighted by Crippen LogP contribution is -2.25. The van der Waals surface area contributed by atoms with Gasteiger partial charge in [0, 0.05) is 10.9 Å². The maximum absolute atomic E-state index is 13.8. The third kappa shape index (κ3) is 5.30. The average Bonchev–Trinajstić information content (AvgIpc) is 2.47. The summed E-state index contributed by atoms with van der Waals surface area (Å²) in [5.74, 6) is 1.78. The molecule has 2 rings (SSSR count). The zero-order valence-electron chi connectivity index (χ0n) is 13.3. The van der Waals surface area contributed by atoms with Crippen LogP contribution in [-0.4, -0.2) is 12.3 Å². The quantitative estimate of drug-likeness (QED) is 0.631. The van der Waals surface area contributed by atoms with Gasteiger partial charge in [0.15, 0.2) is 0 Å². The summed E-state index contributed by atoms with van der Waals surface area (Å²) in [5, 5.41) is 3.62. The van der Waals surface area contributed by atoms with E-state index in [-0.39, 0.29) is 5.82 Å². The molecule has 0 spiro atoms. The van der Waals surface area contributed by atoms with Crippen molar-refractivity contribution in [3.8, 4) is 0 Å². The lowest BCUT2D eigenvalue weighted by molar-refractivity contribution is 0.470. The van der Waals surface area contributed by atoms with Gasteiger partial charge >= 0.3 is 0 Å². The normalized spacial score (nSPS) is 18.0. The van der Waals surface area contributed by atoms with Crippen molar-refractivity contribution in [1.82, 2.24) is 5.32 Å². The van der Waals surface area contributed by atoms with Crippen molar-refractivity contribution in [3.05, 3.63) is 29.6 Å². The van der Waals surface area contributed by atoms with Crippen LogP contribution in [0.4, 0.5) is 4.39 Å². The van der Waals surface area contributed by atoms with Crippen LogP contribution in [0.2, 0.25) is 0 Å². The molecular formula is C18H28FNS. The third-order valence-electron chi connectivity index (χ3n) is 4.12. The van der Waals surface area contributed by atoms with Crippen molar-refractivity contribution in [1.29, 1.82) is 0 Å². The average molecular weight is 309 g/mol. The van der Waals surface area contributed by atoms with E-state index in [2.05, 4.69) is 25.2 Å². The maximum Gasteiger partial charge on any atom is 0.137 e. The molecule has 3 heteroatoms. The SMILES string of the molecule is CC(C)CCCCCCNC1CCSc2c(F)cccc21. The molecule has 0 radical (unpaired) electrons. The molecule has 1 unspecified atom stereocenters. The van der Waals surface area contributed by atoms with Gasteiger partial charge in [-0.3, -0.25) is 0 Å². The van der Waals surface area contributed by atoms with E-state index in [1.54, 1.807) is 17.8 Å². The second kappa shape index (κ2) is 8.79. The highest BCUT2D eigenvalue weighted by molar-refractivity contribution is 7.99. The molecule has 0 aromatic heterocycles. The van der Waals surface area contributed by atoms with E-state index in [1.165, 1.54) is 32.1 Å². The Morgan fingerprint density at radius 1 is 1.24 bits per heavy atom. The van der Waals surface area contributed by atoms with Crippen molar-refractivity contribution in [2.45, 2.75) is 63.3 Å². The predicted octanol–water partition coefficient (Wildman–Crippen LogP) is 5.56. The van der Waals surface area contributed by atoms with Gasteiger partial charge in [-0.2, -0.15) is 0 Å². The van der Waals surface area contributed by atoms with Crippen molar-refractivity contribution in [3.63, 3.8) is 0 Å². The fraction of sp³-hybridized carbons (Fsp3) is 0.667. The minimum Gasteiger partial charge on any atom is -0.310 e. The monoisotopic (exact) mass is 309 g/mol. The summed E-state index contributed by atoms with van der Waals surface area (Å²) in [6.45, 7) is 5.63. The van der Waals surface area contributed by atoms with Crippen LogP contribution in [0.15, 0.2) is 23.1 Å². The van der Waals surface area contributed by atoms with E-state index in [1.807, 2.05) is 6.07 Å². The van der Waals surface area contributed by atoms with Crippen LogP contribution in [0.3, 0.4) is 0 Å². The first-order chi connectivity index (χ1) is 10.2. The highest BCUT2D eigenvalue weighted by atomic mass is 32.2. The number of hydrogen-bond donors (Lipinski definition) is 1. The smallest absolute Gasteiger partial charge is 0.137 e. The fourth-order valence-electron chi connectivity index (χ4n) is 2.91. The summed E-state index contributed by atoms with van der Waals surface area (Å²) in [6, 6.07) is 5.82. The molecule has 1 aliphatic rings. The molecule has 1 aromatic carbocycles. The summed E-state index contributed by atoms with van der Waals surface area (Å²) in [7, 11) is 0. The number of halogens is 1. The van der Waals surface area contributed by atoms with Gasteiger partial charge < -0.3 is 5.32 Å². The third-order valence-corrected chi connectivity index (χ3v) is 5.28. The van der Waals surface area contributed by atoms with E-state index < -0.39 is 0 Å². The summed E-state index contributed by atoms with van der Waals surface area (Å²) >= 11 is 1.66. The van der Waals surface area contributed by atoms with Gasteiger partial charge in [0.2, 0.25) is 0 Å². The molecule has 0 bridgehead atoms. The minimum atomic E-state index is -0.0577. The summed E-state index contributed by atoms with van der Waals surface area (Å²) in [5.41, 5.74) is 1.16. The van der Waals surface area contributed by atoms with Gasteiger partial charge in [0.25, 0.3) is 0 Å². The number of unbranched alkanes of at least 4 members (excludes halogenated alkanes) is 3. The van der Waals surface area contributed by atoms with Crippen LogP contribution in [-0.2, 0) is 0 Å². The van der Waals surface area contributed by atoms with E-state index in [9.17, 15) is 4.39 Å². The molecular weight excluding hydrogens is 281 g/mol. The number of benzene rings is 1. The molecule has 1 atom stereocenters. The Hall–Kier alpha value is -0.540. The zero-order valence-corrected chi connectivity index (χ0v) is 14.1. The van der Waals surface area contributed by atoms with E-state index in [0.29, 0.717) is 6.04 Å². The molecule has 118 valence electrons. The van der Waals surface area contributed by atoms with Gasteiger partial charge in [-0.25, -0.2) is 4.39 Å². The topological polar surface area (TPSA) is 12.0 Å². The first-order valence-corrected chi connectivity index (χ1v) is 9.31. The predicted molar refractivity (Wildman–Crippen MR) is 90.4 cm³/mol. The molecule has 0 amide bonds. The number of nitrogens with one attached hydrogen (secondary N) is 1.